The quantitative estimate of drug-likeness (QED) is 0.780. The summed E-state index contributed by atoms with van der Waals surface area (Å²) in [6, 6.07) is 2.33. The maximum atomic E-state index is 8.88. The fourth-order valence-electron chi connectivity index (χ4n) is 1.31. The monoisotopic (exact) mass is 188 g/mol. The molecule has 72 valence electrons. The van der Waals surface area contributed by atoms with Gasteiger partial charge in [-0.3, -0.25) is 4.98 Å². The molecule has 0 saturated heterocycles. The molecule has 2 rings (SSSR count). The predicted molar refractivity (Wildman–Crippen MR) is 52.5 cm³/mol. The summed E-state index contributed by atoms with van der Waals surface area (Å²) in [5, 5.41) is 12.0. The molecule has 14 heavy (non-hydrogen) atoms. The van der Waals surface area contributed by atoms with Crippen LogP contribution in [-0.2, 0) is 0 Å². The maximum Gasteiger partial charge on any atom is 0.147 e. The number of hydrogen-bond donors (Lipinski definition) is 1. The molecule has 0 bridgehead atoms. The first-order valence-electron chi connectivity index (χ1n) is 4.68. The molecule has 1 aromatic heterocycles. The minimum Gasteiger partial charge on any atom is -0.367 e. The second-order valence-corrected chi connectivity index (χ2v) is 3.74. The van der Waals surface area contributed by atoms with E-state index in [1.807, 2.05) is 6.92 Å². The molecule has 1 aliphatic rings. The van der Waals surface area contributed by atoms with E-state index >= 15 is 0 Å². The molecule has 1 aromatic rings. The molecule has 4 heteroatoms. The van der Waals surface area contributed by atoms with E-state index in [2.05, 4.69) is 21.4 Å². The number of anilines is 1. The van der Waals surface area contributed by atoms with Crippen molar-refractivity contribution in [2.24, 2.45) is 5.41 Å². The lowest BCUT2D eigenvalue weighted by Crippen LogP contribution is -2.15. The van der Waals surface area contributed by atoms with Crippen LogP contribution in [0.4, 0.5) is 5.82 Å². The van der Waals surface area contributed by atoms with Gasteiger partial charge in [-0.25, -0.2) is 4.98 Å². The van der Waals surface area contributed by atoms with Crippen LogP contribution in [0, 0.1) is 23.7 Å². The van der Waals surface area contributed by atoms with Gasteiger partial charge in [0.25, 0.3) is 0 Å². The van der Waals surface area contributed by atoms with E-state index < -0.39 is 0 Å². The van der Waals surface area contributed by atoms with Crippen molar-refractivity contribution in [3.8, 4) is 6.07 Å². The van der Waals surface area contributed by atoms with Crippen molar-refractivity contribution in [2.75, 3.05) is 11.9 Å². The topological polar surface area (TPSA) is 61.6 Å². The highest BCUT2D eigenvalue weighted by Crippen LogP contribution is 2.44. The standard InChI is InChI=1S/C10H12N4/c1-8-9(13-5-4-12-8)14-7-10(6-11)2-3-10/h4-5H,2-3,7H2,1H3,(H,13,14). The Morgan fingerprint density at radius 1 is 1.50 bits per heavy atom. The van der Waals surface area contributed by atoms with E-state index in [1.54, 1.807) is 12.4 Å². The van der Waals surface area contributed by atoms with Crippen molar-refractivity contribution < 1.29 is 0 Å². The summed E-state index contributed by atoms with van der Waals surface area (Å²) in [4.78, 5) is 8.28. The molecule has 0 amide bonds. The lowest BCUT2D eigenvalue weighted by atomic mass is 10.1. The van der Waals surface area contributed by atoms with Gasteiger partial charge in [0.2, 0.25) is 0 Å². The second-order valence-electron chi connectivity index (χ2n) is 3.74. The van der Waals surface area contributed by atoms with E-state index in [-0.39, 0.29) is 5.41 Å². The zero-order valence-corrected chi connectivity index (χ0v) is 8.12. The molecule has 0 radical (unpaired) electrons. The van der Waals surface area contributed by atoms with Crippen molar-refractivity contribution in [3.63, 3.8) is 0 Å². The number of nitriles is 1. The summed E-state index contributed by atoms with van der Waals surface area (Å²) in [5.74, 6) is 0.786. The molecule has 1 heterocycles. The predicted octanol–water partition coefficient (Wildman–Crippen LogP) is 1.50. The van der Waals surface area contributed by atoms with Gasteiger partial charge in [-0.1, -0.05) is 0 Å². The van der Waals surface area contributed by atoms with Gasteiger partial charge in [-0.15, -0.1) is 0 Å². The lowest BCUT2D eigenvalue weighted by molar-refractivity contribution is 0.707. The van der Waals surface area contributed by atoms with E-state index in [0.717, 1.165) is 24.4 Å². The summed E-state index contributed by atoms with van der Waals surface area (Å²) in [6.07, 6.45) is 5.31. The highest BCUT2D eigenvalue weighted by Gasteiger charge is 2.42. The molecule has 1 aliphatic carbocycles. The Labute approximate surface area is 83.0 Å². The van der Waals surface area contributed by atoms with Gasteiger partial charge in [0, 0.05) is 18.9 Å². The highest BCUT2D eigenvalue weighted by molar-refractivity contribution is 5.39. The number of nitrogens with zero attached hydrogens (tertiary/aromatic N) is 3. The minimum absolute atomic E-state index is 0.135. The zero-order valence-electron chi connectivity index (χ0n) is 8.12. The van der Waals surface area contributed by atoms with Crippen molar-refractivity contribution >= 4 is 5.82 Å². The van der Waals surface area contributed by atoms with Gasteiger partial charge in [-0.05, 0) is 19.8 Å². The third-order valence-electron chi connectivity index (χ3n) is 2.57. The summed E-state index contributed by atoms with van der Waals surface area (Å²) < 4.78 is 0. The van der Waals surface area contributed by atoms with E-state index in [9.17, 15) is 0 Å². The Kier molecular flexibility index (Phi) is 2.08. The van der Waals surface area contributed by atoms with Crippen LogP contribution in [0.25, 0.3) is 0 Å². The van der Waals surface area contributed by atoms with Gasteiger partial charge in [0.15, 0.2) is 0 Å². The van der Waals surface area contributed by atoms with Gasteiger partial charge in [-0.2, -0.15) is 5.26 Å². The van der Waals surface area contributed by atoms with Crippen LogP contribution in [0.5, 0.6) is 0 Å². The molecule has 0 atom stereocenters. The van der Waals surface area contributed by atoms with Crippen LogP contribution in [0.1, 0.15) is 18.5 Å². The summed E-state index contributed by atoms with van der Waals surface area (Å²) in [5.41, 5.74) is 0.741. The average Bonchev–Trinajstić information content (AvgIpc) is 2.98. The van der Waals surface area contributed by atoms with Crippen LogP contribution in [0.3, 0.4) is 0 Å². The van der Waals surface area contributed by atoms with Gasteiger partial charge in [0.05, 0.1) is 17.2 Å². The van der Waals surface area contributed by atoms with Crippen molar-refractivity contribution in [2.45, 2.75) is 19.8 Å². The maximum absolute atomic E-state index is 8.88. The number of aryl methyl sites for hydroxylation is 1. The Bertz CT molecular complexity index is 376. The molecule has 4 nitrogen and oxygen atoms in total. The van der Waals surface area contributed by atoms with Crippen molar-refractivity contribution in [3.05, 3.63) is 18.1 Å². The normalized spacial score (nSPS) is 17.1. The SMILES string of the molecule is Cc1nccnc1NCC1(C#N)CC1. The first-order valence-corrected chi connectivity index (χ1v) is 4.68. The van der Waals surface area contributed by atoms with Crippen LogP contribution in [0.15, 0.2) is 12.4 Å². The Balaban J connectivity index is 1.99. The van der Waals surface area contributed by atoms with Crippen LogP contribution < -0.4 is 5.32 Å². The average molecular weight is 188 g/mol. The first-order chi connectivity index (χ1) is 6.76. The molecule has 1 fully saturated rings. The van der Waals surface area contributed by atoms with E-state index in [0.29, 0.717) is 6.54 Å². The van der Waals surface area contributed by atoms with Gasteiger partial charge >= 0.3 is 0 Å². The van der Waals surface area contributed by atoms with Gasteiger partial charge < -0.3 is 5.32 Å². The molecular formula is C10H12N4. The van der Waals surface area contributed by atoms with E-state index in [4.69, 9.17) is 5.26 Å². The Morgan fingerprint density at radius 3 is 2.79 bits per heavy atom. The molecule has 1 saturated carbocycles. The highest BCUT2D eigenvalue weighted by atomic mass is 15.0. The van der Waals surface area contributed by atoms with Crippen molar-refractivity contribution in [1.82, 2.24) is 9.97 Å². The molecule has 0 aromatic carbocycles. The van der Waals surface area contributed by atoms with Crippen LogP contribution in [0.2, 0.25) is 0 Å². The summed E-state index contributed by atoms with van der Waals surface area (Å²) in [6.45, 7) is 2.59. The first kappa shape index (κ1) is 8.95. The number of rotatable bonds is 3. The molecular weight excluding hydrogens is 176 g/mol. The molecule has 1 N–H and O–H groups in total. The fourth-order valence-corrected chi connectivity index (χ4v) is 1.31. The van der Waals surface area contributed by atoms with Crippen molar-refractivity contribution in [1.29, 1.82) is 5.26 Å². The second kappa shape index (κ2) is 3.26. The van der Waals surface area contributed by atoms with Crippen LogP contribution in [-0.4, -0.2) is 16.5 Å². The van der Waals surface area contributed by atoms with E-state index in [1.165, 1.54) is 0 Å². The number of aromatic nitrogens is 2. The smallest absolute Gasteiger partial charge is 0.147 e. The zero-order chi connectivity index (χ0) is 10.0. The molecule has 0 unspecified atom stereocenters. The third-order valence-corrected chi connectivity index (χ3v) is 2.57. The Hall–Kier alpha value is -1.63. The molecule has 0 aliphatic heterocycles. The number of nitrogens with one attached hydrogen (secondary N) is 1. The summed E-state index contributed by atoms with van der Waals surface area (Å²) in [7, 11) is 0. The van der Waals surface area contributed by atoms with Crippen LogP contribution >= 0.6 is 0 Å². The molecule has 0 spiro atoms. The largest absolute Gasteiger partial charge is 0.367 e. The van der Waals surface area contributed by atoms with Gasteiger partial charge in [0.1, 0.15) is 5.82 Å². The third kappa shape index (κ3) is 1.67. The Morgan fingerprint density at radius 2 is 2.21 bits per heavy atom. The fraction of sp³-hybridized carbons (Fsp3) is 0.500. The summed E-state index contributed by atoms with van der Waals surface area (Å²) >= 11 is 0. The minimum atomic E-state index is -0.135. The number of hydrogen-bond acceptors (Lipinski definition) is 4. The lowest BCUT2D eigenvalue weighted by Gasteiger charge is -2.09.